The predicted octanol–water partition coefficient (Wildman–Crippen LogP) is 9.62. The van der Waals surface area contributed by atoms with Gasteiger partial charge in [-0.2, -0.15) is 0 Å². The van der Waals surface area contributed by atoms with Crippen LogP contribution in [0, 0.1) is 0 Å². The highest BCUT2D eigenvalue weighted by molar-refractivity contribution is 5.14. The van der Waals surface area contributed by atoms with Crippen molar-refractivity contribution < 1.29 is 4.57 Å². The summed E-state index contributed by atoms with van der Waals surface area (Å²) in [5, 5.41) is 0. The van der Waals surface area contributed by atoms with Crippen LogP contribution in [0.5, 0.6) is 0 Å². The molecule has 35 heavy (non-hydrogen) atoms. The van der Waals surface area contributed by atoms with Gasteiger partial charge in [0.15, 0.2) is 0 Å². The fourth-order valence-corrected chi connectivity index (χ4v) is 5.30. The molecule has 2 nitrogen and oxygen atoms in total. The lowest BCUT2D eigenvalue weighted by atomic mass is 10.0. The van der Waals surface area contributed by atoms with Gasteiger partial charge in [0.25, 0.3) is 5.82 Å². The molecule has 0 aliphatic rings. The fraction of sp³-hybridized carbons (Fsp3) is 0.727. The molecule has 2 rings (SSSR count). The molecule has 2 heteroatoms. The zero-order chi connectivity index (χ0) is 24.8. The van der Waals surface area contributed by atoms with Crippen molar-refractivity contribution in [3.8, 4) is 0 Å². The summed E-state index contributed by atoms with van der Waals surface area (Å²) in [7, 11) is 0. The van der Waals surface area contributed by atoms with Gasteiger partial charge < -0.3 is 0 Å². The SMILES string of the molecule is CCCCCCCCCCCCCCCCn1cc[n+](CCCc2ccccc2)c1CCCCC. The molecule has 0 fully saturated rings. The van der Waals surface area contributed by atoms with Crippen LogP contribution in [-0.4, -0.2) is 4.57 Å². The highest BCUT2D eigenvalue weighted by Crippen LogP contribution is 2.14. The molecule has 1 heterocycles. The maximum atomic E-state index is 2.57. The van der Waals surface area contributed by atoms with E-state index in [1.807, 2.05) is 0 Å². The van der Waals surface area contributed by atoms with Gasteiger partial charge in [-0.05, 0) is 37.7 Å². The molecule has 0 radical (unpaired) electrons. The fourth-order valence-electron chi connectivity index (χ4n) is 5.30. The van der Waals surface area contributed by atoms with Gasteiger partial charge in [0, 0.05) is 6.42 Å². The summed E-state index contributed by atoms with van der Waals surface area (Å²) in [6, 6.07) is 10.9. The Hall–Kier alpha value is -1.57. The minimum Gasteiger partial charge on any atom is -0.234 e. The zero-order valence-corrected chi connectivity index (χ0v) is 23.5. The van der Waals surface area contributed by atoms with E-state index < -0.39 is 0 Å². The molecule has 198 valence electrons. The van der Waals surface area contributed by atoms with Gasteiger partial charge in [-0.1, -0.05) is 134 Å². The van der Waals surface area contributed by atoms with Gasteiger partial charge >= 0.3 is 0 Å². The molecule has 0 N–H and O–H groups in total. The van der Waals surface area contributed by atoms with Crippen LogP contribution in [-0.2, 0) is 25.9 Å². The first-order valence-corrected chi connectivity index (χ1v) is 15.5. The number of benzene rings is 1. The van der Waals surface area contributed by atoms with Crippen molar-refractivity contribution in [1.29, 1.82) is 0 Å². The molecule has 0 aliphatic heterocycles. The molecular formula is C33H57N2+. The second-order valence-corrected chi connectivity index (χ2v) is 10.7. The minimum absolute atomic E-state index is 1.14. The molecule has 0 unspecified atom stereocenters. The molecule has 1 aromatic heterocycles. The Labute approximate surface area is 218 Å². The van der Waals surface area contributed by atoms with Crippen molar-refractivity contribution in [2.45, 2.75) is 155 Å². The maximum Gasteiger partial charge on any atom is 0.256 e. The van der Waals surface area contributed by atoms with Crippen molar-refractivity contribution in [3.63, 3.8) is 0 Å². The summed E-state index contributed by atoms with van der Waals surface area (Å²) in [6.45, 7) is 6.95. The average Bonchev–Trinajstić information content (AvgIpc) is 3.26. The van der Waals surface area contributed by atoms with Crippen LogP contribution >= 0.6 is 0 Å². The topological polar surface area (TPSA) is 8.81 Å². The van der Waals surface area contributed by atoms with Gasteiger partial charge in [-0.15, -0.1) is 0 Å². The maximum absolute atomic E-state index is 2.57. The number of hydrogen-bond acceptors (Lipinski definition) is 0. The lowest BCUT2D eigenvalue weighted by Gasteiger charge is -2.06. The summed E-state index contributed by atoms with van der Waals surface area (Å²) in [5.41, 5.74) is 1.46. The Kier molecular flexibility index (Phi) is 17.5. The van der Waals surface area contributed by atoms with E-state index in [4.69, 9.17) is 0 Å². The average molecular weight is 482 g/mol. The summed E-state index contributed by atoms with van der Waals surface area (Å²) in [4.78, 5) is 0. The zero-order valence-electron chi connectivity index (χ0n) is 23.5. The Balaban J connectivity index is 1.59. The number of unbranched alkanes of at least 4 members (excludes halogenated alkanes) is 15. The van der Waals surface area contributed by atoms with Crippen molar-refractivity contribution in [1.82, 2.24) is 4.57 Å². The summed E-state index contributed by atoms with van der Waals surface area (Å²) in [5.74, 6) is 1.56. The number of aromatic nitrogens is 2. The Morgan fingerprint density at radius 2 is 1.11 bits per heavy atom. The third-order valence-corrected chi connectivity index (χ3v) is 7.55. The number of aryl methyl sites for hydroxylation is 3. The predicted molar refractivity (Wildman–Crippen MR) is 153 cm³/mol. The van der Waals surface area contributed by atoms with E-state index >= 15 is 0 Å². The second-order valence-electron chi connectivity index (χ2n) is 10.7. The monoisotopic (exact) mass is 481 g/mol. The van der Waals surface area contributed by atoms with Crippen LogP contribution in [0.4, 0.5) is 0 Å². The summed E-state index contributed by atoms with van der Waals surface area (Å²) >= 11 is 0. The first-order chi connectivity index (χ1) is 17.3. The van der Waals surface area contributed by atoms with E-state index in [2.05, 4.69) is 65.7 Å². The molecule has 0 saturated heterocycles. The number of rotatable bonds is 23. The number of nitrogens with zero attached hydrogens (tertiary/aromatic N) is 2. The molecule has 1 aromatic carbocycles. The van der Waals surface area contributed by atoms with Crippen molar-refractivity contribution in [3.05, 3.63) is 54.1 Å². The van der Waals surface area contributed by atoms with Gasteiger partial charge in [-0.3, -0.25) is 0 Å². The summed E-state index contributed by atoms with van der Waals surface area (Å²) < 4.78 is 5.11. The van der Waals surface area contributed by atoms with Crippen molar-refractivity contribution in [2.75, 3.05) is 0 Å². The first-order valence-electron chi connectivity index (χ1n) is 15.5. The van der Waals surface area contributed by atoms with Crippen LogP contribution in [0.25, 0.3) is 0 Å². The van der Waals surface area contributed by atoms with Gasteiger partial charge in [0.1, 0.15) is 12.4 Å². The molecule has 0 amide bonds. The van der Waals surface area contributed by atoms with Crippen LogP contribution in [0.3, 0.4) is 0 Å². The third-order valence-electron chi connectivity index (χ3n) is 7.55. The lowest BCUT2D eigenvalue weighted by Crippen LogP contribution is -2.37. The molecule has 2 aromatic rings. The highest BCUT2D eigenvalue weighted by atomic mass is 15.1. The Morgan fingerprint density at radius 3 is 1.71 bits per heavy atom. The normalized spacial score (nSPS) is 11.4. The summed E-state index contributed by atoms with van der Waals surface area (Å²) in [6.07, 6.45) is 32.3. The Morgan fingerprint density at radius 1 is 0.571 bits per heavy atom. The van der Waals surface area contributed by atoms with Crippen LogP contribution < -0.4 is 4.57 Å². The van der Waals surface area contributed by atoms with Gasteiger partial charge in [0.05, 0.1) is 13.1 Å². The van der Waals surface area contributed by atoms with Crippen LogP contribution in [0.15, 0.2) is 42.7 Å². The molecule has 0 bridgehead atoms. The van der Waals surface area contributed by atoms with Gasteiger partial charge in [-0.25, -0.2) is 9.13 Å². The third kappa shape index (κ3) is 13.9. The van der Waals surface area contributed by atoms with Crippen LogP contribution in [0.2, 0.25) is 0 Å². The number of imidazole rings is 1. The standard InChI is InChI=1S/C33H57N2/c1-3-5-7-8-9-10-11-12-13-14-15-16-17-22-28-34-30-31-35(33(34)27-19-6-4-2)29-23-26-32-24-20-18-21-25-32/h18,20-21,24-25,30-31H,3-17,19,22-23,26-29H2,1-2H3/q+1. The Bertz CT molecular complexity index is 718. The second kappa shape index (κ2) is 20.6. The molecule has 0 saturated carbocycles. The molecule has 0 atom stereocenters. The quantitative estimate of drug-likeness (QED) is 0.110. The van der Waals surface area contributed by atoms with E-state index in [1.165, 1.54) is 141 Å². The first kappa shape index (κ1) is 29.7. The van der Waals surface area contributed by atoms with Crippen molar-refractivity contribution >= 4 is 0 Å². The number of hydrogen-bond donors (Lipinski definition) is 0. The molecular weight excluding hydrogens is 424 g/mol. The van der Waals surface area contributed by atoms with Crippen molar-refractivity contribution in [2.24, 2.45) is 0 Å². The molecule has 0 aliphatic carbocycles. The van der Waals surface area contributed by atoms with Crippen LogP contribution in [0.1, 0.15) is 141 Å². The van der Waals surface area contributed by atoms with E-state index in [0.29, 0.717) is 0 Å². The highest BCUT2D eigenvalue weighted by Gasteiger charge is 2.16. The lowest BCUT2D eigenvalue weighted by molar-refractivity contribution is -0.704. The molecule has 0 spiro atoms. The smallest absolute Gasteiger partial charge is 0.234 e. The largest absolute Gasteiger partial charge is 0.256 e. The van der Waals surface area contributed by atoms with Gasteiger partial charge in [0.2, 0.25) is 0 Å². The van der Waals surface area contributed by atoms with E-state index in [-0.39, 0.29) is 0 Å². The van der Waals surface area contributed by atoms with E-state index in [1.54, 1.807) is 5.82 Å². The van der Waals surface area contributed by atoms with E-state index in [9.17, 15) is 0 Å². The van der Waals surface area contributed by atoms with E-state index in [0.717, 1.165) is 6.54 Å². The minimum atomic E-state index is 1.14.